The molecule has 1 amide bonds. The molecule has 98 valence electrons. The quantitative estimate of drug-likeness (QED) is 0.832. The highest BCUT2D eigenvalue weighted by molar-refractivity contribution is 14.1. The number of para-hydroxylation sites is 1. The van der Waals surface area contributed by atoms with Crippen molar-refractivity contribution < 1.29 is 9.53 Å². The molecule has 0 bridgehead atoms. The van der Waals surface area contributed by atoms with E-state index < -0.39 is 0 Å². The van der Waals surface area contributed by atoms with Crippen molar-refractivity contribution in [2.75, 3.05) is 11.9 Å². The molecule has 0 heterocycles. The number of ether oxygens (including phenoxy) is 1. The molecule has 0 saturated carbocycles. The van der Waals surface area contributed by atoms with E-state index in [2.05, 4.69) is 27.9 Å². The minimum atomic E-state index is -0.161. The van der Waals surface area contributed by atoms with Crippen LogP contribution in [-0.2, 0) is 0 Å². The van der Waals surface area contributed by atoms with Gasteiger partial charge in [-0.3, -0.25) is 4.79 Å². The Hall–Kier alpha value is -1.56. The zero-order valence-electron chi connectivity index (χ0n) is 10.5. The fourth-order valence-electron chi connectivity index (χ4n) is 1.70. The first kappa shape index (κ1) is 13.9. The van der Waals surface area contributed by atoms with Crippen molar-refractivity contribution in [2.45, 2.75) is 6.92 Å². The minimum Gasteiger partial charge on any atom is -0.493 e. The number of amides is 1. The van der Waals surface area contributed by atoms with Gasteiger partial charge >= 0.3 is 0 Å². The van der Waals surface area contributed by atoms with E-state index in [0.717, 1.165) is 9.26 Å². The lowest BCUT2D eigenvalue weighted by molar-refractivity contribution is 0.102. The predicted molar refractivity (Wildman–Crippen MR) is 84.7 cm³/mol. The maximum absolute atomic E-state index is 12.2. The van der Waals surface area contributed by atoms with Crippen LogP contribution in [-0.4, -0.2) is 12.5 Å². The van der Waals surface area contributed by atoms with Gasteiger partial charge in [0, 0.05) is 9.26 Å². The van der Waals surface area contributed by atoms with Crippen molar-refractivity contribution in [1.82, 2.24) is 0 Å². The predicted octanol–water partition coefficient (Wildman–Crippen LogP) is 3.94. The van der Waals surface area contributed by atoms with Gasteiger partial charge in [0.15, 0.2) is 0 Å². The first-order valence-corrected chi connectivity index (χ1v) is 7.07. The van der Waals surface area contributed by atoms with Gasteiger partial charge in [-0.15, -0.1) is 0 Å². The van der Waals surface area contributed by atoms with Gasteiger partial charge in [0.25, 0.3) is 5.91 Å². The molecule has 0 unspecified atom stereocenters. The molecule has 0 spiro atoms. The number of nitrogens with one attached hydrogen (secondary N) is 1. The summed E-state index contributed by atoms with van der Waals surface area (Å²) in [7, 11) is 0. The Bertz CT molecular complexity index is 584. The van der Waals surface area contributed by atoms with Crippen molar-refractivity contribution in [3.63, 3.8) is 0 Å². The Labute approximate surface area is 126 Å². The highest BCUT2D eigenvalue weighted by Gasteiger charge is 2.11. The molecule has 0 aliphatic carbocycles. The molecule has 0 aliphatic heterocycles. The molecule has 3 nitrogen and oxygen atoms in total. The molecule has 4 heteroatoms. The number of benzene rings is 2. The van der Waals surface area contributed by atoms with E-state index in [-0.39, 0.29) is 5.91 Å². The monoisotopic (exact) mass is 367 g/mol. The second kappa shape index (κ2) is 6.56. The fraction of sp³-hybridized carbons (Fsp3) is 0.133. The summed E-state index contributed by atoms with van der Waals surface area (Å²) in [6.45, 7) is 2.43. The summed E-state index contributed by atoms with van der Waals surface area (Å²) in [5.74, 6) is 0.444. The number of hydrogen-bond donors (Lipinski definition) is 1. The summed E-state index contributed by atoms with van der Waals surface area (Å²) in [6, 6.07) is 14.9. The van der Waals surface area contributed by atoms with Crippen molar-refractivity contribution in [2.24, 2.45) is 0 Å². The molecule has 0 aromatic heterocycles. The van der Waals surface area contributed by atoms with Gasteiger partial charge in [-0.25, -0.2) is 0 Å². The fourth-order valence-corrected chi connectivity index (χ4v) is 2.24. The van der Waals surface area contributed by atoms with Crippen molar-refractivity contribution in [3.8, 4) is 5.75 Å². The van der Waals surface area contributed by atoms with Crippen LogP contribution >= 0.6 is 22.6 Å². The lowest BCUT2D eigenvalue weighted by Gasteiger charge is -2.10. The maximum Gasteiger partial charge on any atom is 0.259 e. The third-order valence-corrected chi connectivity index (χ3v) is 3.19. The summed E-state index contributed by atoms with van der Waals surface area (Å²) in [4.78, 5) is 12.2. The molecule has 0 fully saturated rings. The van der Waals surface area contributed by atoms with Gasteiger partial charge in [0.05, 0.1) is 12.2 Å². The van der Waals surface area contributed by atoms with Gasteiger partial charge in [-0.1, -0.05) is 18.2 Å². The van der Waals surface area contributed by atoms with Crippen LogP contribution in [0.5, 0.6) is 5.75 Å². The van der Waals surface area contributed by atoms with E-state index in [1.165, 1.54) is 0 Å². The van der Waals surface area contributed by atoms with E-state index >= 15 is 0 Å². The second-order valence-corrected chi connectivity index (χ2v) is 5.14. The zero-order chi connectivity index (χ0) is 13.7. The van der Waals surface area contributed by atoms with E-state index in [1.54, 1.807) is 12.1 Å². The minimum absolute atomic E-state index is 0.161. The first-order chi connectivity index (χ1) is 9.20. The summed E-state index contributed by atoms with van der Waals surface area (Å²) in [5, 5.41) is 2.87. The number of halogens is 1. The topological polar surface area (TPSA) is 38.3 Å². The number of anilines is 1. The van der Waals surface area contributed by atoms with Gasteiger partial charge < -0.3 is 10.1 Å². The van der Waals surface area contributed by atoms with Crippen molar-refractivity contribution in [3.05, 3.63) is 57.7 Å². The molecular formula is C15H14INO2. The lowest BCUT2D eigenvalue weighted by Crippen LogP contribution is -2.13. The zero-order valence-corrected chi connectivity index (χ0v) is 12.7. The van der Waals surface area contributed by atoms with Crippen LogP contribution in [0.1, 0.15) is 17.3 Å². The average Bonchev–Trinajstić information content (AvgIpc) is 2.39. The number of carbonyl (C=O) groups is 1. The number of hydrogen-bond acceptors (Lipinski definition) is 2. The first-order valence-electron chi connectivity index (χ1n) is 5.99. The second-order valence-electron chi connectivity index (χ2n) is 3.89. The van der Waals surface area contributed by atoms with E-state index in [4.69, 9.17) is 4.74 Å². The van der Waals surface area contributed by atoms with E-state index in [1.807, 2.05) is 43.3 Å². The summed E-state index contributed by atoms with van der Waals surface area (Å²) < 4.78 is 6.53. The molecule has 2 aromatic carbocycles. The largest absolute Gasteiger partial charge is 0.493 e. The Morgan fingerprint density at radius 2 is 2.00 bits per heavy atom. The maximum atomic E-state index is 12.2. The van der Waals surface area contributed by atoms with Gasteiger partial charge in [-0.05, 0) is 59.8 Å². The Morgan fingerprint density at radius 3 is 2.74 bits per heavy atom. The number of carbonyl (C=O) groups excluding carboxylic acids is 1. The molecule has 1 N–H and O–H groups in total. The SMILES string of the molecule is CCOc1ccccc1C(=O)Nc1cccc(I)c1. The van der Waals surface area contributed by atoms with Crippen LogP contribution in [0.15, 0.2) is 48.5 Å². The van der Waals surface area contributed by atoms with Gasteiger partial charge in [0.2, 0.25) is 0 Å². The molecule has 0 saturated heterocycles. The van der Waals surface area contributed by atoms with Crippen LogP contribution in [0.2, 0.25) is 0 Å². The highest BCUT2D eigenvalue weighted by Crippen LogP contribution is 2.20. The summed E-state index contributed by atoms with van der Waals surface area (Å²) in [5.41, 5.74) is 1.33. The molecule has 0 atom stereocenters. The normalized spacial score (nSPS) is 10.0. The van der Waals surface area contributed by atoms with Crippen LogP contribution < -0.4 is 10.1 Å². The third-order valence-electron chi connectivity index (χ3n) is 2.51. The van der Waals surface area contributed by atoms with Crippen molar-refractivity contribution >= 4 is 34.2 Å². The Morgan fingerprint density at radius 1 is 1.21 bits per heavy atom. The smallest absolute Gasteiger partial charge is 0.259 e. The van der Waals surface area contributed by atoms with Gasteiger partial charge in [0.1, 0.15) is 5.75 Å². The Kier molecular flexibility index (Phi) is 4.79. The molecule has 2 aromatic rings. The Balaban J connectivity index is 2.20. The van der Waals surface area contributed by atoms with Crippen LogP contribution in [0, 0.1) is 3.57 Å². The summed E-state index contributed by atoms with van der Waals surface area (Å²) in [6.07, 6.45) is 0. The number of rotatable bonds is 4. The van der Waals surface area contributed by atoms with Crippen molar-refractivity contribution in [1.29, 1.82) is 0 Å². The van der Waals surface area contributed by atoms with Crippen LogP contribution in [0.3, 0.4) is 0 Å². The molecule has 2 rings (SSSR count). The van der Waals surface area contributed by atoms with Crippen LogP contribution in [0.4, 0.5) is 5.69 Å². The molecule has 0 radical (unpaired) electrons. The van der Waals surface area contributed by atoms with Gasteiger partial charge in [-0.2, -0.15) is 0 Å². The van der Waals surface area contributed by atoms with Crippen LogP contribution in [0.25, 0.3) is 0 Å². The third kappa shape index (κ3) is 3.70. The molecular weight excluding hydrogens is 353 g/mol. The molecule has 0 aliphatic rings. The highest BCUT2D eigenvalue weighted by atomic mass is 127. The average molecular weight is 367 g/mol. The standard InChI is InChI=1S/C15H14INO2/c1-2-19-14-9-4-3-8-13(14)15(18)17-12-7-5-6-11(16)10-12/h3-10H,2H2,1H3,(H,17,18). The lowest BCUT2D eigenvalue weighted by atomic mass is 10.2. The van der Waals surface area contributed by atoms with E-state index in [0.29, 0.717) is 17.9 Å². The van der Waals surface area contributed by atoms with E-state index in [9.17, 15) is 4.79 Å². The molecule has 19 heavy (non-hydrogen) atoms. The summed E-state index contributed by atoms with van der Waals surface area (Å²) >= 11 is 2.21.